The molecular formula is C12H21NO2. The number of hydrogen-bond donors (Lipinski definition) is 1. The lowest BCUT2D eigenvalue weighted by molar-refractivity contribution is -0.146. The molecule has 86 valence electrons. The first-order valence-electron chi connectivity index (χ1n) is 6.12. The van der Waals surface area contributed by atoms with Crippen LogP contribution in [0.25, 0.3) is 0 Å². The highest BCUT2D eigenvalue weighted by molar-refractivity contribution is 5.83. The average Bonchev–Trinajstić information content (AvgIpc) is 2.64. The van der Waals surface area contributed by atoms with E-state index in [2.05, 4.69) is 6.92 Å². The van der Waals surface area contributed by atoms with E-state index in [1.807, 2.05) is 4.90 Å². The zero-order valence-electron chi connectivity index (χ0n) is 9.54. The van der Waals surface area contributed by atoms with Crippen LogP contribution in [-0.4, -0.2) is 35.6 Å². The monoisotopic (exact) mass is 211 g/mol. The summed E-state index contributed by atoms with van der Waals surface area (Å²) >= 11 is 0. The van der Waals surface area contributed by atoms with Gasteiger partial charge in [0.2, 0.25) is 5.91 Å². The molecule has 2 rings (SSSR count). The lowest BCUT2D eigenvalue weighted by atomic mass is 9.66. The minimum atomic E-state index is -0.0235. The van der Waals surface area contributed by atoms with E-state index < -0.39 is 0 Å². The Kier molecular flexibility index (Phi) is 3.01. The van der Waals surface area contributed by atoms with Gasteiger partial charge in [-0.2, -0.15) is 0 Å². The van der Waals surface area contributed by atoms with Crippen molar-refractivity contribution in [1.29, 1.82) is 0 Å². The van der Waals surface area contributed by atoms with Gasteiger partial charge in [0.05, 0.1) is 0 Å². The Morgan fingerprint density at radius 2 is 2.27 bits per heavy atom. The topological polar surface area (TPSA) is 40.5 Å². The van der Waals surface area contributed by atoms with Crippen LogP contribution in [0.1, 0.15) is 39.0 Å². The molecule has 2 fully saturated rings. The predicted molar refractivity (Wildman–Crippen MR) is 58.3 cm³/mol. The van der Waals surface area contributed by atoms with Gasteiger partial charge < -0.3 is 10.0 Å². The largest absolute Gasteiger partial charge is 0.396 e. The Morgan fingerprint density at radius 3 is 2.67 bits per heavy atom. The minimum absolute atomic E-state index is 0.0235. The highest BCUT2D eigenvalue weighted by Gasteiger charge is 2.45. The fraction of sp³-hybridized carbons (Fsp3) is 0.917. The van der Waals surface area contributed by atoms with Crippen LogP contribution in [0, 0.1) is 11.3 Å². The molecule has 1 amide bonds. The van der Waals surface area contributed by atoms with Crippen LogP contribution in [-0.2, 0) is 4.79 Å². The van der Waals surface area contributed by atoms with Crippen molar-refractivity contribution in [2.75, 3.05) is 19.7 Å². The number of carbonyl (C=O) groups excluding carboxylic acids is 1. The second-order valence-electron chi connectivity index (χ2n) is 5.08. The van der Waals surface area contributed by atoms with Crippen LogP contribution in [0.4, 0.5) is 0 Å². The number of rotatable bonds is 3. The summed E-state index contributed by atoms with van der Waals surface area (Å²) in [6.07, 6.45) is 5.30. The standard InChI is InChI=1S/C12H21NO2/c1-2-12(5-3-6-12)11(15)13-7-4-10(8-13)9-14/h10,14H,2-9H2,1H3. The summed E-state index contributed by atoms with van der Waals surface area (Å²) in [5.41, 5.74) is -0.0235. The third-order valence-corrected chi connectivity index (χ3v) is 4.27. The molecule has 3 heteroatoms. The van der Waals surface area contributed by atoms with Gasteiger partial charge in [0.1, 0.15) is 0 Å². The summed E-state index contributed by atoms with van der Waals surface area (Å²) in [5, 5.41) is 9.06. The maximum absolute atomic E-state index is 12.3. The molecule has 15 heavy (non-hydrogen) atoms. The Balaban J connectivity index is 1.96. The molecule has 0 spiro atoms. The Bertz CT molecular complexity index is 242. The van der Waals surface area contributed by atoms with E-state index in [0.717, 1.165) is 38.8 Å². The van der Waals surface area contributed by atoms with Crippen molar-refractivity contribution in [3.05, 3.63) is 0 Å². The van der Waals surface area contributed by atoms with Gasteiger partial charge in [0.25, 0.3) is 0 Å². The molecule has 1 aliphatic carbocycles. The first-order valence-corrected chi connectivity index (χ1v) is 6.12. The zero-order chi connectivity index (χ0) is 10.9. The van der Waals surface area contributed by atoms with Crippen molar-refractivity contribution in [1.82, 2.24) is 4.90 Å². The van der Waals surface area contributed by atoms with Crippen molar-refractivity contribution in [3.8, 4) is 0 Å². The number of hydrogen-bond acceptors (Lipinski definition) is 2. The molecule has 0 bridgehead atoms. The van der Waals surface area contributed by atoms with Gasteiger partial charge >= 0.3 is 0 Å². The number of likely N-dealkylation sites (tertiary alicyclic amines) is 1. The summed E-state index contributed by atoms with van der Waals surface area (Å²) < 4.78 is 0. The maximum Gasteiger partial charge on any atom is 0.228 e. The molecule has 1 saturated carbocycles. The van der Waals surface area contributed by atoms with Crippen LogP contribution in [0.3, 0.4) is 0 Å². The number of nitrogens with zero attached hydrogens (tertiary/aromatic N) is 1. The smallest absolute Gasteiger partial charge is 0.228 e. The van der Waals surface area contributed by atoms with E-state index in [4.69, 9.17) is 5.11 Å². The Morgan fingerprint density at radius 1 is 1.53 bits per heavy atom. The van der Waals surface area contributed by atoms with E-state index in [9.17, 15) is 4.79 Å². The third kappa shape index (κ3) is 1.78. The van der Waals surface area contributed by atoms with E-state index in [0.29, 0.717) is 11.8 Å². The number of carbonyl (C=O) groups is 1. The van der Waals surface area contributed by atoms with Gasteiger partial charge in [-0.05, 0) is 25.7 Å². The maximum atomic E-state index is 12.3. The average molecular weight is 211 g/mol. The predicted octanol–water partition coefficient (Wildman–Crippen LogP) is 1.41. The highest BCUT2D eigenvalue weighted by Crippen LogP contribution is 2.45. The van der Waals surface area contributed by atoms with Crippen molar-refractivity contribution in [2.45, 2.75) is 39.0 Å². The molecule has 1 saturated heterocycles. The van der Waals surface area contributed by atoms with Gasteiger partial charge in [-0.25, -0.2) is 0 Å². The molecule has 1 N–H and O–H groups in total. The number of aliphatic hydroxyl groups is 1. The summed E-state index contributed by atoms with van der Waals surface area (Å²) in [6, 6.07) is 0. The molecule has 0 aromatic carbocycles. The Labute approximate surface area is 91.5 Å². The molecule has 0 aromatic rings. The van der Waals surface area contributed by atoms with Gasteiger partial charge in [-0.3, -0.25) is 4.79 Å². The fourth-order valence-corrected chi connectivity index (χ4v) is 2.82. The molecule has 0 radical (unpaired) electrons. The lowest BCUT2D eigenvalue weighted by Crippen LogP contribution is -2.46. The molecule has 0 aromatic heterocycles. The molecule has 1 atom stereocenters. The number of aliphatic hydroxyl groups excluding tert-OH is 1. The van der Waals surface area contributed by atoms with Crippen LogP contribution in [0.5, 0.6) is 0 Å². The van der Waals surface area contributed by atoms with Gasteiger partial charge in [0, 0.05) is 31.0 Å². The fourth-order valence-electron chi connectivity index (χ4n) is 2.82. The van der Waals surface area contributed by atoms with E-state index >= 15 is 0 Å². The Hall–Kier alpha value is -0.570. The molecule has 1 aliphatic heterocycles. The molecular weight excluding hydrogens is 190 g/mol. The molecule has 2 aliphatic rings. The minimum Gasteiger partial charge on any atom is -0.396 e. The quantitative estimate of drug-likeness (QED) is 0.766. The van der Waals surface area contributed by atoms with E-state index in [-0.39, 0.29) is 12.0 Å². The first kappa shape index (κ1) is 10.9. The summed E-state index contributed by atoms with van der Waals surface area (Å²) in [5.74, 6) is 0.676. The van der Waals surface area contributed by atoms with Crippen LogP contribution >= 0.6 is 0 Å². The van der Waals surface area contributed by atoms with Crippen molar-refractivity contribution in [3.63, 3.8) is 0 Å². The van der Waals surface area contributed by atoms with Gasteiger partial charge in [-0.1, -0.05) is 13.3 Å². The highest BCUT2D eigenvalue weighted by atomic mass is 16.3. The zero-order valence-corrected chi connectivity index (χ0v) is 9.54. The van der Waals surface area contributed by atoms with Crippen molar-refractivity contribution < 1.29 is 9.90 Å². The number of amides is 1. The molecule has 3 nitrogen and oxygen atoms in total. The lowest BCUT2D eigenvalue weighted by Gasteiger charge is -2.42. The van der Waals surface area contributed by atoms with Gasteiger partial charge in [0.15, 0.2) is 0 Å². The first-order chi connectivity index (χ1) is 7.22. The van der Waals surface area contributed by atoms with Crippen molar-refractivity contribution in [2.24, 2.45) is 11.3 Å². The summed E-state index contributed by atoms with van der Waals surface area (Å²) in [7, 11) is 0. The molecule has 1 unspecified atom stereocenters. The second kappa shape index (κ2) is 4.12. The third-order valence-electron chi connectivity index (χ3n) is 4.27. The van der Waals surface area contributed by atoms with Crippen LogP contribution in [0.15, 0.2) is 0 Å². The normalized spacial score (nSPS) is 28.9. The summed E-state index contributed by atoms with van der Waals surface area (Å²) in [4.78, 5) is 14.3. The SMILES string of the molecule is CCC1(C(=O)N2CCC(CO)C2)CCC1. The van der Waals surface area contributed by atoms with Crippen LogP contribution < -0.4 is 0 Å². The molecule has 1 heterocycles. The van der Waals surface area contributed by atoms with Crippen LogP contribution in [0.2, 0.25) is 0 Å². The second-order valence-corrected chi connectivity index (χ2v) is 5.08. The van der Waals surface area contributed by atoms with E-state index in [1.54, 1.807) is 0 Å². The van der Waals surface area contributed by atoms with E-state index in [1.165, 1.54) is 6.42 Å². The summed E-state index contributed by atoms with van der Waals surface area (Å²) in [6.45, 7) is 3.97. The van der Waals surface area contributed by atoms with Crippen molar-refractivity contribution >= 4 is 5.91 Å². The van der Waals surface area contributed by atoms with Gasteiger partial charge in [-0.15, -0.1) is 0 Å².